The number of amides is 1. The lowest BCUT2D eigenvalue weighted by molar-refractivity contribution is -0.118. The molecule has 0 radical (unpaired) electrons. The Morgan fingerprint density at radius 1 is 1.36 bits per heavy atom. The van der Waals surface area contributed by atoms with E-state index < -0.39 is 0 Å². The van der Waals surface area contributed by atoms with Gasteiger partial charge >= 0.3 is 0 Å². The first kappa shape index (κ1) is 19.0. The molecule has 1 saturated heterocycles. The Bertz CT molecular complexity index is 518. The van der Waals surface area contributed by atoms with Gasteiger partial charge in [0.1, 0.15) is 5.82 Å². The van der Waals surface area contributed by atoms with Crippen molar-refractivity contribution in [3.05, 3.63) is 18.3 Å². The minimum Gasteiger partial charge on any atom is -0.363 e. The number of pyridine rings is 1. The fourth-order valence-electron chi connectivity index (χ4n) is 3.17. The molecular formula is C15H24Cl2N4O. The van der Waals surface area contributed by atoms with Crippen molar-refractivity contribution in [2.75, 3.05) is 37.4 Å². The van der Waals surface area contributed by atoms with Crippen molar-refractivity contribution in [1.29, 1.82) is 0 Å². The van der Waals surface area contributed by atoms with E-state index >= 15 is 0 Å². The van der Waals surface area contributed by atoms with Crippen LogP contribution in [0.2, 0.25) is 0 Å². The van der Waals surface area contributed by atoms with Crippen LogP contribution in [0.3, 0.4) is 0 Å². The van der Waals surface area contributed by atoms with Gasteiger partial charge in [-0.3, -0.25) is 4.79 Å². The number of carbonyl (C=O) groups excluding carboxylic acids is 1. The van der Waals surface area contributed by atoms with Gasteiger partial charge in [0.2, 0.25) is 5.91 Å². The Balaban J connectivity index is 0.00000121. The smallest absolute Gasteiger partial charge is 0.228 e. The molecule has 5 nitrogen and oxygen atoms in total. The summed E-state index contributed by atoms with van der Waals surface area (Å²) in [6, 6.07) is 3.76. The molecular weight excluding hydrogens is 323 g/mol. The molecule has 1 aliphatic carbocycles. The molecule has 2 aliphatic rings. The van der Waals surface area contributed by atoms with E-state index in [0.29, 0.717) is 0 Å². The molecule has 1 aliphatic heterocycles. The molecule has 1 amide bonds. The van der Waals surface area contributed by atoms with E-state index in [1.807, 2.05) is 31.1 Å². The van der Waals surface area contributed by atoms with Crippen LogP contribution < -0.4 is 15.5 Å². The number of hydrogen-bond acceptors (Lipinski definition) is 4. The molecule has 3 rings (SSSR count). The third-order valence-corrected chi connectivity index (χ3v) is 4.58. The van der Waals surface area contributed by atoms with Gasteiger partial charge in [0.25, 0.3) is 0 Å². The van der Waals surface area contributed by atoms with Crippen LogP contribution in [0.5, 0.6) is 0 Å². The van der Waals surface area contributed by atoms with Crippen molar-refractivity contribution in [2.24, 2.45) is 11.3 Å². The second kappa shape index (κ2) is 7.49. The van der Waals surface area contributed by atoms with Gasteiger partial charge in [-0.25, -0.2) is 4.98 Å². The summed E-state index contributed by atoms with van der Waals surface area (Å²) in [5, 5.41) is 6.41. The number of halogens is 2. The Labute approximate surface area is 144 Å². The maximum Gasteiger partial charge on any atom is 0.228 e. The highest BCUT2D eigenvalue weighted by molar-refractivity contribution is 5.95. The molecule has 2 fully saturated rings. The highest BCUT2D eigenvalue weighted by atomic mass is 35.5. The molecule has 0 aromatic carbocycles. The average Bonchev–Trinajstić information content (AvgIpc) is 3.13. The molecule has 124 valence electrons. The third-order valence-electron chi connectivity index (χ3n) is 4.58. The van der Waals surface area contributed by atoms with Crippen molar-refractivity contribution in [3.63, 3.8) is 0 Å². The van der Waals surface area contributed by atoms with Gasteiger partial charge in [0.15, 0.2) is 0 Å². The summed E-state index contributed by atoms with van der Waals surface area (Å²) in [5.74, 6) is 1.22. The first-order valence-corrected chi connectivity index (χ1v) is 7.26. The lowest BCUT2D eigenvalue weighted by atomic mass is 9.92. The van der Waals surface area contributed by atoms with Crippen molar-refractivity contribution in [3.8, 4) is 0 Å². The van der Waals surface area contributed by atoms with Gasteiger partial charge in [0, 0.05) is 38.0 Å². The van der Waals surface area contributed by atoms with Crippen LogP contribution in [0.15, 0.2) is 18.3 Å². The van der Waals surface area contributed by atoms with Crippen molar-refractivity contribution >= 4 is 42.2 Å². The van der Waals surface area contributed by atoms with Gasteiger partial charge in [0.05, 0.1) is 0 Å². The fraction of sp³-hybridized carbons (Fsp3) is 0.600. The maximum absolute atomic E-state index is 12.4. The number of aromatic nitrogens is 1. The molecule has 2 heterocycles. The number of rotatable bonds is 3. The van der Waals surface area contributed by atoms with Crippen molar-refractivity contribution < 1.29 is 4.79 Å². The quantitative estimate of drug-likeness (QED) is 0.881. The molecule has 1 unspecified atom stereocenters. The number of nitrogens with one attached hydrogen (secondary N) is 2. The van der Waals surface area contributed by atoms with E-state index in [9.17, 15) is 4.79 Å². The Hall–Kier alpha value is -1.04. The molecule has 1 saturated carbocycles. The van der Waals surface area contributed by atoms with Crippen LogP contribution in [0.1, 0.15) is 19.3 Å². The minimum atomic E-state index is 0. The van der Waals surface area contributed by atoms with E-state index in [2.05, 4.69) is 15.6 Å². The van der Waals surface area contributed by atoms with Crippen LogP contribution in [-0.2, 0) is 4.79 Å². The predicted molar refractivity (Wildman–Crippen MR) is 94.3 cm³/mol. The van der Waals surface area contributed by atoms with Gasteiger partial charge < -0.3 is 15.5 Å². The summed E-state index contributed by atoms with van der Waals surface area (Å²) in [5.41, 5.74) is 1.12. The summed E-state index contributed by atoms with van der Waals surface area (Å²) in [4.78, 5) is 18.6. The maximum atomic E-state index is 12.4. The first-order valence-electron chi connectivity index (χ1n) is 7.26. The largest absolute Gasteiger partial charge is 0.363 e. The van der Waals surface area contributed by atoms with Gasteiger partial charge in [-0.1, -0.05) is 0 Å². The Morgan fingerprint density at radius 2 is 2.05 bits per heavy atom. The average molecular weight is 347 g/mol. The summed E-state index contributed by atoms with van der Waals surface area (Å²) < 4.78 is 0. The second-order valence-corrected chi connectivity index (χ2v) is 6.16. The lowest BCUT2D eigenvalue weighted by Crippen LogP contribution is -2.31. The summed E-state index contributed by atoms with van der Waals surface area (Å²) in [6.45, 7) is 2.09. The van der Waals surface area contributed by atoms with E-state index in [0.717, 1.165) is 43.9 Å². The first-order chi connectivity index (χ1) is 9.61. The highest BCUT2D eigenvalue weighted by Crippen LogP contribution is 2.58. The second-order valence-electron chi connectivity index (χ2n) is 6.16. The monoisotopic (exact) mass is 346 g/mol. The molecule has 1 spiro atoms. The highest BCUT2D eigenvalue weighted by Gasteiger charge is 2.57. The van der Waals surface area contributed by atoms with Gasteiger partial charge in [-0.05, 0) is 43.8 Å². The number of anilines is 2. The van der Waals surface area contributed by atoms with E-state index in [1.165, 1.54) is 0 Å². The molecule has 22 heavy (non-hydrogen) atoms. The zero-order valence-corrected chi connectivity index (χ0v) is 14.6. The molecule has 0 bridgehead atoms. The summed E-state index contributed by atoms with van der Waals surface area (Å²) in [6.07, 6.45) is 5.04. The number of hydrogen-bond donors (Lipinski definition) is 2. The lowest BCUT2D eigenvalue weighted by Gasteiger charge is -2.23. The number of carbonyl (C=O) groups is 1. The zero-order chi connectivity index (χ0) is 14.2. The molecule has 1 atom stereocenters. The number of piperidine rings is 1. The fourth-order valence-corrected chi connectivity index (χ4v) is 3.17. The number of nitrogens with zero attached hydrogens (tertiary/aromatic N) is 2. The minimum absolute atomic E-state index is 0. The molecule has 1 aromatic rings. The van der Waals surface area contributed by atoms with E-state index in [-0.39, 0.29) is 42.1 Å². The van der Waals surface area contributed by atoms with Crippen LogP contribution in [0.4, 0.5) is 11.5 Å². The van der Waals surface area contributed by atoms with Crippen LogP contribution >= 0.6 is 24.8 Å². The van der Waals surface area contributed by atoms with Crippen LogP contribution in [0, 0.1) is 11.3 Å². The van der Waals surface area contributed by atoms with E-state index in [4.69, 9.17) is 0 Å². The standard InChI is InChI=1S/C15H22N4O.2ClH/c1-19(2)13-9-11(3-6-17-13)18-14(20)12-10-15(12)4-7-16-8-5-15;;/h3,6,9,12,16H,4-5,7-8,10H2,1-2H3,(H,17,18,20);2*1H. The van der Waals surface area contributed by atoms with Crippen molar-refractivity contribution in [2.45, 2.75) is 19.3 Å². The van der Waals surface area contributed by atoms with Crippen LogP contribution in [0.25, 0.3) is 0 Å². The van der Waals surface area contributed by atoms with Gasteiger partial charge in [-0.2, -0.15) is 0 Å². The topological polar surface area (TPSA) is 57.3 Å². The predicted octanol–water partition coefficient (Wildman–Crippen LogP) is 2.32. The molecule has 1 aromatic heterocycles. The normalized spacial score (nSPS) is 21.3. The van der Waals surface area contributed by atoms with Gasteiger partial charge in [-0.15, -0.1) is 24.8 Å². The summed E-state index contributed by atoms with van der Waals surface area (Å²) >= 11 is 0. The molecule has 7 heteroatoms. The van der Waals surface area contributed by atoms with Crippen LogP contribution in [-0.4, -0.2) is 38.1 Å². The van der Waals surface area contributed by atoms with E-state index in [1.54, 1.807) is 6.20 Å². The third kappa shape index (κ3) is 3.83. The summed E-state index contributed by atoms with van der Waals surface area (Å²) in [7, 11) is 3.89. The van der Waals surface area contributed by atoms with Crippen molar-refractivity contribution in [1.82, 2.24) is 10.3 Å². The molecule has 2 N–H and O–H groups in total. The zero-order valence-electron chi connectivity index (χ0n) is 13.0. The Kier molecular flexibility index (Phi) is 6.47. The SMILES string of the molecule is CN(C)c1cc(NC(=O)C2CC23CCNCC3)ccn1.Cl.Cl. The Morgan fingerprint density at radius 3 is 2.68 bits per heavy atom.